The third kappa shape index (κ3) is 3.27. The van der Waals surface area contributed by atoms with E-state index in [9.17, 15) is 4.79 Å². The van der Waals surface area contributed by atoms with Crippen LogP contribution in [0.4, 0.5) is 5.82 Å². The van der Waals surface area contributed by atoms with Gasteiger partial charge in [-0.15, -0.1) is 21.5 Å². The van der Waals surface area contributed by atoms with Gasteiger partial charge in [-0.25, -0.2) is 5.84 Å². The maximum absolute atomic E-state index is 12.3. The Bertz CT molecular complexity index is 526. The smallest absolute Gasteiger partial charge is 0.274 e. The van der Waals surface area contributed by atoms with Crippen LogP contribution < -0.4 is 11.3 Å². The van der Waals surface area contributed by atoms with E-state index in [1.807, 2.05) is 24.4 Å². The lowest BCUT2D eigenvalue weighted by atomic mass is 10.3. The molecule has 19 heavy (non-hydrogen) atoms. The first kappa shape index (κ1) is 13.4. The number of nitrogens with one attached hydrogen (secondary N) is 1. The normalized spacial score (nSPS) is 10.2. The molecule has 0 saturated heterocycles. The van der Waals surface area contributed by atoms with Crippen LogP contribution in [0.2, 0.25) is 0 Å². The minimum Gasteiger partial charge on any atom is -0.332 e. The molecule has 0 atom stereocenters. The molecule has 0 spiro atoms. The number of amides is 1. The van der Waals surface area contributed by atoms with Gasteiger partial charge >= 0.3 is 0 Å². The highest BCUT2D eigenvalue weighted by atomic mass is 32.1. The molecular weight excluding hydrogens is 262 g/mol. The van der Waals surface area contributed by atoms with Crippen molar-refractivity contribution >= 4 is 23.1 Å². The van der Waals surface area contributed by atoms with Crippen molar-refractivity contribution in [1.82, 2.24) is 15.1 Å². The summed E-state index contributed by atoms with van der Waals surface area (Å²) < 4.78 is 0. The predicted octanol–water partition coefficient (Wildman–Crippen LogP) is 1.49. The van der Waals surface area contributed by atoms with Crippen LogP contribution in [-0.4, -0.2) is 27.5 Å². The summed E-state index contributed by atoms with van der Waals surface area (Å²) in [5.41, 5.74) is 2.69. The second kappa shape index (κ2) is 6.26. The van der Waals surface area contributed by atoms with E-state index >= 15 is 0 Å². The van der Waals surface area contributed by atoms with E-state index in [4.69, 9.17) is 5.84 Å². The molecule has 0 radical (unpaired) electrons. The number of aromatic nitrogens is 2. The fourth-order valence-electron chi connectivity index (χ4n) is 1.60. The molecule has 2 aromatic rings. The molecule has 3 N–H and O–H groups in total. The first-order valence-corrected chi connectivity index (χ1v) is 6.74. The lowest BCUT2D eigenvalue weighted by Crippen LogP contribution is -2.30. The van der Waals surface area contributed by atoms with Crippen molar-refractivity contribution in [2.75, 3.05) is 12.0 Å². The molecule has 2 rings (SSSR count). The van der Waals surface area contributed by atoms with E-state index in [1.54, 1.807) is 28.4 Å². The topological polar surface area (TPSA) is 84.1 Å². The molecule has 0 unspecified atom stereocenters. The molecule has 0 aliphatic carbocycles. The van der Waals surface area contributed by atoms with Gasteiger partial charge in [-0.3, -0.25) is 4.79 Å². The Balaban J connectivity index is 2.10. The standard InChI is InChI=1S/C12H15N5OS/c1-2-17(8-9-4-3-7-19-9)12(18)10-5-6-11(14-13)16-15-10/h3-7H,2,8,13H2,1H3,(H,14,16). The molecule has 1 amide bonds. The third-order valence-corrected chi connectivity index (χ3v) is 3.49. The lowest BCUT2D eigenvalue weighted by Gasteiger charge is -2.19. The molecule has 0 aromatic carbocycles. The van der Waals surface area contributed by atoms with Crippen molar-refractivity contribution in [1.29, 1.82) is 0 Å². The second-order valence-electron chi connectivity index (χ2n) is 3.85. The monoisotopic (exact) mass is 277 g/mol. The Morgan fingerprint density at radius 1 is 1.42 bits per heavy atom. The number of nitrogens with zero attached hydrogens (tertiary/aromatic N) is 3. The number of carbonyl (C=O) groups is 1. The van der Waals surface area contributed by atoms with E-state index in [1.165, 1.54) is 0 Å². The Hall–Kier alpha value is -1.99. The summed E-state index contributed by atoms with van der Waals surface area (Å²) in [6, 6.07) is 7.22. The van der Waals surface area contributed by atoms with Crippen molar-refractivity contribution in [3.8, 4) is 0 Å². The average Bonchev–Trinajstić information content (AvgIpc) is 2.97. The van der Waals surface area contributed by atoms with E-state index in [0.717, 1.165) is 4.88 Å². The molecule has 6 nitrogen and oxygen atoms in total. The maximum Gasteiger partial charge on any atom is 0.274 e. The summed E-state index contributed by atoms with van der Waals surface area (Å²) in [5, 5.41) is 9.66. The minimum atomic E-state index is -0.132. The average molecular weight is 277 g/mol. The lowest BCUT2D eigenvalue weighted by molar-refractivity contribution is 0.0747. The number of nitrogens with two attached hydrogens (primary N) is 1. The zero-order valence-corrected chi connectivity index (χ0v) is 11.4. The van der Waals surface area contributed by atoms with Gasteiger partial charge in [0.05, 0.1) is 6.54 Å². The van der Waals surface area contributed by atoms with Crippen molar-refractivity contribution in [3.63, 3.8) is 0 Å². The zero-order valence-electron chi connectivity index (χ0n) is 10.5. The van der Waals surface area contributed by atoms with E-state index in [-0.39, 0.29) is 5.91 Å². The maximum atomic E-state index is 12.3. The number of nitrogen functional groups attached to an aromatic ring is 1. The number of hydrogen-bond donors (Lipinski definition) is 2. The summed E-state index contributed by atoms with van der Waals surface area (Å²) in [4.78, 5) is 15.1. The molecular formula is C12H15N5OS. The highest BCUT2D eigenvalue weighted by Gasteiger charge is 2.16. The SMILES string of the molecule is CCN(Cc1cccs1)C(=O)c1ccc(NN)nn1. The Morgan fingerprint density at radius 3 is 2.79 bits per heavy atom. The van der Waals surface area contributed by atoms with Crippen LogP contribution in [0.25, 0.3) is 0 Å². The van der Waals surface area contributed by atoms with Gasteiger partial charge < -0.3 is 10.3 Å². The van der Waals surface area contributed by atoms with Crippen LogP contribution in [0, 0.1) is 0 Å². The predicted molar refractivity (Wildman–Crippen MR) is 74.6 cm³/mol. The Kier molecular flexibility index (Phi) is 4.43. The number of hydrazine groups is 1. The molecule has 2 aromatic heterocycles. The van der Waals surface area contributed by atoms with Gasteiger partial charge in [-0.1, -0.05) is 6.07 Å². The number of thiophene rings is 1. The van der Waals surface area contributed by atoms with Gasteiger partial charge in [0.15, 0.2) is 11.5 Å². The van der Waals surface area contributed by atoms with Gasteiger partial charge in [0, 0.05) is 11.4 Å². The molecule has 2 heterocycles. The molecule has 0 aliphatic rings. The summed E-state index contributed by atoms with van der Waals surface area (Å²) in [6.45, 7) is 3.15. The Morgan fingerprint density at radius 2 is 2.26 bits per heavy atom. The summed E-state index contributed by atoms with van der Waals surface area (Å²) in [6.07, 6.45) is 0. The highest BCUT2D eigenvalue weighted by molar-refractivity contribution is 7.09. The van der Waals surface area contributed by atoms with E-state index in [0.29, 0.717) is 24.6 Å². The third-order valence-electron chi connectivity index (χ3n) is 2.63. The minimum absolute atomic E-state index is 0.132. The van der Waals surface area contributed by atoms with E-state index < -0.39 is 0 Å². The molecule has 0 aliphatic heterocycles. The Labute approximate surface area is 115 Å². The summed E-state index contributed by atoms with van der Waals surface area (Å²) >= 11 is 1.63. The van der Waals surface area contributed by atoms with Crippen molar-refractivity contribution in [3.05, 3.63) is 40.2 Å². The van der Waals surface area contributed by atoms with E-state index in [2.05, 4.69) is 15.6 Å². The van der Waals surface area contributed by atoms with Crippen LogP contribution in [0.3, 0.4) is 0 Å². The fourth-order valence-corrected chi connectivity index (χ4v) is 2.32. The van der Waals surface area contributed by atoms with Crippen LogP contribution in [0.1, 0.15) is 22.3 Å². The summed E-state index contributed by atoms with van der Waals surface area (Å²) in [5.74, 6) is 5.50. The van der Waals surface area contributed by atoms with Crippen molar-refractivity contribution in [2.24, 2.45) is 5.84 Å². The second-order valence-corrected chi connectivity index (χ2v) is 4.88. The number of anilines is 1. The molecule has 100 valence electrons. The highest BCUT2D eigenvalue weighted by Crippen LogP contribution is 2.13. The number of carbonyl (C=O) groups excluding carboxylic acids is 1. The molecule has 7 heteroatoms. The zero-order chi connectivity index (χ0) is 13.7. The molecule has 0 bridgehead atoms. The van der Waals surface area contributed by atoms with Crippen LogP contribution >= 0.6 is 11.3 Å². The number of hydrogen-bond acceptors (Lipinski definition) is 6. The van der Waals surface area contributed by atoms with Gasteiger partial charge in [0.2, 0.25) is 0 Å². The van der Waals surface area contributed by atoms with Gasteiger partial charge in [0.25, 0.3) is 5.91 Å². The van der Waals surface area contributed by atoms with Crippen molar-refractivity contribution < 1.29 is 4.79 Å². The van der Waals surface area contributed by atoms with Gasteiger partial charge in [-0.2, -0.15) is 0 Å². The molecule has 0 fully saturated rings. The van der Waals surface area contributed by atoms with Crippen LogP contribution in [0.5, 0.6) is 0 Å². The van der Waals surface area contributed by atoms with Gasteiger partial charge in [0.1, 0.15) is 0 Å². The largest absolute Gasteiger partial charge is 0.332 e. The number of rotatable bonds is 5. The fraction of sp³-hybridized carbons (Fsp3) is 0.250. The molecule has 0 saturated carbocycles. The van der Waals surface area contributed by atoms with Crippen LogP contribution in [0.15, 0.2) is 29.6 Å². The van der Waals surface area contributed by atoms with Crippen LogP contribution in [-0.2, 0) is 6.54 Å². The summed E-state index contributed by atoms with van der Waals surface area (Å²) in [7, 11) is 0. The quantitative estimate of drug-likeness (QED) is 0.639. The first-order valence-electron chi connectivity index (χ1n) is 5.86. The first-order chi connectivity index (χ1) is 9.24. The van der Waals surface area contributed by atoms with Crippen molar-refractivity contribution in [2.45, 2.75) is 13.5 Å². The van der Waals surface area contributed by atoms with Gasteiger partial charge in [-0.05, 0) is 30.5 Å².